The summed E-state index contributed by atoms with van der Waals surface area (Å²) in [7, 11) is 0. The Morgan fingerprint density at radius 3 is 2.53 bits per heavy atom. The highest BCUT2D eigenvalue weighted by Gasteiger charge is 2.17. The number of aromatic nitrogens is 2. The number of amides is 2. The topological polar surface area (TPSA) is 85.3 Å². The van der Waals surface area contributed by atoms with Gasteiger partial charge in [-0.3, -0.25) is 0 Å². The average Bonchev–Trinajstić information content (AvgIpc) is 3.07. The van der Waals surface area contributed by atoms with E-state index < -0.39 is 17.7 Å². The van der Waals surface area contributed by atoms with Crippen LogP contribution in [-0.4, -0.2) is 40.6 Å². The minimum atomic E-state index is -0.556. The van der Waals surface area contributed by atoms with Crippen molar-refractivity contribution in [1.82, 2.24) is 20.4 Å². The maximum atomic E-state index is 13.3. The van der Waals surface area contributed by atoms with E-state index in [1.807, 2.05) is 0 Å². The third kappa shape index (κ3) is 5.34. The second-order valence-corrected chi connectivity index (χ2v) is 7.72. The molecule has 2 amide bonds. The first-order chi connectivity index (χ1) is 14.2. The summed E-state index contributed by atoms with van der Waals surface area (Å²) in [5.74, 6) is -0.341. The minimum absolute atomic E-state index is 0.341. The SMILES string of the molecule is CC(C)(C)OC(=O)NCCCNC(=O)n1nc(-c2ccc(F)cc2)c2c[c]ccc21. The Bertz CT molecular complexity index is 1040. The van der Waals surface area contributed by atoms with E-state index in [1.54, 1.807) is 51.1 Å². The zero-order valence-corrected chi connectivity index (χ0v) is 17.2. The normalized spacial score (nSPS) is 11.3. The molecule has 0 saturated carbocycles. The van der Waals surface area contributed by atoms with Crippen molar-refractivity contribution in [2.45, 2.75) is 32.8 Å². The Kier molecular flexibility index (Phi) is 6.34. The van der Waals surface area contributed by atoms with Gasteiger partial charge in [-0.25, -0.2) is 14.0 Å². The number of ether oxygens (including phenoxy) is 1. The van der Waals surface area contributed by atoms with Gasteiger partial charge in [-0.1, -0.05) is 6.07 Å². The number of rotatable bonds is 5. The summed E-state index contributed by atoms with van der Waals surface area (Å²) >= 11 is 0. The zero-order valence-electron chi connectivity index (χ0n) is 17.2. The van der Waals surface area contributed by atoms with Crippen LogP contribution >= 0.6 is 0 Å². The van der Waals surface area contributed by atoms with Gasteiger partial charge in [0.15, 0.2) is 0 Å². The fourth-order valence-corrected chi connectivity index (χ4v) is 2.84. The van der Waals surface area contributed by atoms with Crippen LogP contribution in [0.3, 0.4) is 0 Å². The van der Waals surface area contributed by atoms with Gasteiger partial charge in [0.2, 0.25) is 0 Å². The summed E-state index contributed by atoms with van der Waals surface area (Å²) in [6, 6.07) is 13.7. The van der Waals surface area contributed by atoms with E-state index in [-0.39, 0.29) is 5.82 Å². The molecule has 30 heavy (non-hydrogen) atoms. The molecule has 0 aliphatic carbocycles. The lowest BCUT2D eigenvalue weighted by atomic mass is 10.1. The average molecular weight is 411 g/mol. The van der Waals surface area contributed by atoms with Gasteiger partial charge in [-0.2, -0.15) is 9.78 Å². The van der Waals surface area contributed by atoms with Gasteiger partial charge in [0.1, 0.15) is 17.1 Å². The monoisotopic (exact) mass is 411 g/mol. The van der Waals surface area contributed by atoms with E-state index in [2.05, 4.69) is 21.8 Å². The first-order valence-corrected chi connectivity index (χ1v) is 9.64. The molecule has 0 aliphatic rings. The Balaban J connectivity index is 1.63. The molecular formula is C22H24FN4O3. The van der Waals surface area contributed by atoms with Crippen LogP contribution in [-0.2, 0) is 4.74 Å². The Morgan fingerprint density at radius 1 is 1.13 bits per heavy atom. The molecule has 3 aromatic rings. The van der Waals surface area contributed by atoms with Gasteiger partial charge in [0, 0.05) is 24.0 Å². The first-order valence-electron chi connectivity index (χ1n) is 9.64. The van der Waals surface area contributed by atoms with Crippen molar-refractivity contribution in [3.05, 3.63) is 54.3 Å². The smallest absolute Gasteiger partial charge is 0.407 e. The number of halogens is 1. The summed E-state index contributed by atoms with van der Waals surface area (Å²) in [5, 5.41) is 10.6. The predicted molar refractivity (Wildman–Crippen MR) is 112 cm³/mol. The molecule has 0 spiro atoms. The van der Waals surface area contributed by atoms with Crippen LogP contribution < -0.4 is 10.6 Å². The Morgan fingerprint density at radius 2 is 1.83 bits per heavy atom. The molecule has 0 atom stereocenters. The molecule has 3 rings (SSSR count). The van der Waals surface area contributed by atoms with Gasteiger partial charge in [-0.15, -0.1) is 0 Å². The summed E-state index contributed by atoms with van der Waals surface area (Å²) in [6.07, 6.45) is 0.0371. The van der Waals surface area contributed by atoms with E-state index in [4.69, 9.17) is 4.74 Å². The second-order valence-electron chi connectivity index (χ2n) is 7.72. The molecule has 7 nitrogen and oxygen atoms in total. The fraction of sp³-hybridized carbons (Fsp3) is 0.318. The molecule has 2 N–H and O–H groups in total. The number of benzene rings is 2. The van der Waals surface area contributed by atoms with Crippen LogP contribution in [0.4, 0.5) is 14.0 Å². The van der Waals surface area contributed by atoms with Crippen LogP contribution in [0.2, 0.25) is 0 Å². The van der Waals surface area contributed by atoms with E-state index in [0.29, 0.717) is 36.3 Å². The maximum absolute atomic E-state index is 13.3. The van der Waals surface area contributed by atoms with Crippen LogP contribution in [0.25, 0.3) is 22.2 Å². The number of carbonyl (C=O) groups excluding carboxylic acids is 2. The summed E-state index contributed by atoms with van der Waals surface area (Å²) in [4.78, 5) is 24.3. The molecule has 1 heterocycles. The minimum Gasteiger partial charge on any atom is -0.444 e. The summed E-state index contributed by atoms with van der Waals surface area (Å²) in [6.45, 7) is 6.09. The molecule has 1 radical (unpaired) electrons. The lowest BCUT2D eigenvalue weighted by Gasteiger charge is -2.19. The van der Waals surface area contributed by atoms with E-state index >= 15 is 0 Å². The van der Waals surface area contributed by atoms with Crippen molar-refractivity contribution in [3.63, 3.8) is 0 Å². The molecule has 0 aliphatic heterocycles. The number of hydrogen-bond donors (Lipinski definition) is 2. The Hall–Kier alpha value is -3.42. The molecule has 0 saturated heterocycles. The standard InChI is InChI=1S/C22H24FN4O3/c1-22(2,3)30-21(29)25-14-6-13-24-20(28)27-18-8-5-4-7-17(18)19(26-27)15-9-11-16(23)12-10-15/h5,7-12H,6,13-14H2,1-3H3,(H,24,28)(H,25,29). The lowest BCUT2D eigenvalue weighted by molar-refractivity contribution is 0.0527. The molecule has 2 aromatic carbocycles. The molecule has 0 bridgehead atoms. The van der Waals surface area contributed by atoms with Gasteiger partial charge >= 0.3 is 12.1 Å². The molecule has 0 fully saturated rings. The third-order valence-electron chi connectivity index (χ3n) is 4.13. The first kappa shape index (κ1) is 21.3. The quantitative estimate of drug-likeness (QED) is 0.619. The fourth-order valence-electron chi connectivity index (χ4n) is 2.84. The number of alkyl carbamates (subject to hydrolysis) is 1. The highest BCUT2D eigenvalue weighted by Crippen LogP contribution is 2.27. The van der Waals surface area contributed by atoms with Crippen molar-refractivity contribution in [3.8, 4) is 11.3 Å². The molecule has 0 unspecified atom stereocenters. The van der Waals surface area contributed by atoms with Crippen molar-refractivity contribution in [2.24, 2.45) is 0 Å². The van der Waals surface area contributed by atoms with Crippen molar-refractivity contribution < 1.29 is 18.7 Å². The third-order valence-corrected chi connectivity index (χ3v) is 4.13. The van der Waals surface area contributed by atoms with Crippen molar-refractivity contribution >= 4 is 23.0 Å². The number of carbonyl (C=O) groups is 2. The van der Waals surface area contributed by atoms with Crippen molar-refractivity contribution in [2.75, 3.05) is 13.1 Å². The molecular weight excluding hydrogens is 387 g/mol. The maximum Gasteiger partial charge on any atom is 0.407 e. The summed E-state index contributed by atoms with van der Waals surface area (Å²) in [5.41, 5.74) is 1.34. The van der Waals surface area contributed by atoms with Crippen molar-refractivity contribution in [1.29, 1.82) is 0 Å². The summed E-state index contributed by atoms with van der Waals surface area (Å²) < 4.78 is 19.7. The lowest BCUT2D eigenvalue weighted by Crippen LogP contribution is -2.35. The number of nitrogens with one attached hydrogen (secondary N) is 2. The van der Waals surface area contributed by atoms with Gasteiger partial charge in [0.25, 0.3) is 0 Å². The van der Waals surface area contributed by atoms with Crippen LogP contribution in [0.1, 0.15) is 27.2 Å². The van der Waals surface area contributed by atoms with Gasteiger partial charge in [-0.05, 0) is 69.7 Å². The predicted octanol–water partition coefficient (Wildman–Crippen LogP) is 4.12. The van der Waals surface area contributed by atoms with Crippen LogP contribution in [0, 0.1) is 11.9 Å². The number of fused-ring (bicyclic) bond motifs is 1. The second kappa shape index (κ2) is 8.94. The van der Waals surface area contributed by atoms with Crippen LogP contribution in [0.15, 0.2) is 42.5 Å². The molecule has 8 heteroatoms. The van der Waals surface area contributed by atoms with E-state index in [0.717, 1.165) is 5.39 Å². The number of nitrogens with zero attached hydrogens (tertiary/aromatic N) is 2. The molecule has 157 valence electrons. The van der Waals surface area contributed by atoms with E-state index in [1.165, 1.54) is 16.8 Å². The zero-order chi connectivity index (χ0) is 21.7. The van der Waals surface area contributed by atoms with Crippen LogP contribution in [0.5, 0.6) is 0 Å². The molecule has 1 aromatic heterocycles. The number of hydrogen-bond acceptors (Lipinski definition) is 4. The highest BCUT2D eigenvalue weighted by molar-refractivity contribution is 5.98. The van der Waals surface area contributed by atoms with E-state index in [9.17, 15) is 14.0 Å². The van der Waals surface area contributed by atoms with Gasteiger partial charge in [0.05, 0.1) is 5.52 Å². The Labute approximate surface area is 174 Å². The highest BCUT2D eigenvalue weighted by atomic mass is 19.1. The van der Waals surface area contributed by atoms with Gasteiger partial charge < -0.3 is 15.4 Å². The largest absolute Gasteiger partial charge is 0.444 e.